The van der Waals surface area contributed by atoms with Gasteiger partial charge in [0.25, 0.3) is 10.2 Å². The normalized spacial score (nSPS) is 13.5. The topological polar surface area (TPSA) is 88.6 Å². The van der Waals surface area contributed by atoms with Gasteiger partial charge in [-0.25, -0.2) is 4.72 Å². The highest BCUT2D eigenvalue weighted by Gasteiger charge is 2.28. The molecule has 2 aromatic carbocycles. The van der Waals surface area contributed by atoms with Crippen LogP contribution in [0.25, 0.3) is 0 Å². The van der Waals surface area contributed by atoms with Gasteiger partial charge in [0, 0.05) is 38.4 Å². The lowest BCUT2D eigenvalue weighted by atomic mass is 9.97. The number of ether oxygens (including phenoxy) is 1. The number of fused-ring (bicyclic) bond motifs is 1. The Kier molecular flexibility index (Phi) is 8.28. The summed E-state index contributed by atoms with van der Waals surface area (Å²) >= 11 is 0. The molecule has 0 spiro atoms. The van der Waals surface area contributed by atoms with Crippen LogP contribution in [0.4, 0.5) is 0 Å². The van der Waals surface area contributed by atoms with Gasteiger partial charge < -0.3 is 4.74 Å². The van der Waals surface area contributed by atoms with Crippen LogP contribution in [0, 0.1) is 0 Å². The molecule has 184 valence electrons. The van der Waals surface area contributed by atoms with Gasteiger partial charge in [0.2, 0.25) is 0 Å². The van der Waals surface area contributed by atoms with Crippen molar-refractivity contribution >= 4 is 16.2 Å². The number of nitrogens with one attached hydrogen (secondary N) is 1. The van der Waals surface area contributed by atoms with Crippen molar-refractivity contribution < 1.29 is 17.9 Å². The fourth-order valence-electron chi connectivity index (χ4n) is 4.34. The molecule has 7 nitrogen and oxygen atoms in total. The van der Waals surface area contributed by atoms with Crippen LogP contribution in [0.3, 0.4) is 0 Å². The lowest BCUT2D eigenvalue weighted by molar-refractivity contribution is -0.143. The summed E-state index contributed by atoms with van der Waals surface area (Å²) in [5.41, 5.74) is 6.35. The Bertz CT molecular complexity index is 1240. The molecule has 1 aliphatic rings. The number of nitrogens with zero attached hydrogens (tertiary/aromatic N) is 2. The summed E-state index contributed by atoms with van der Waals surface area (Å²) in [6.07, 6.45) is 5.73. The lowest BCUT2D eigenvalue weighted by Gasteiger charge is -2.16. The number of rotatable bonds is 11. The molecule has 0 saturated heterocycles. The first-order valence-corrected chi connectivity index (χ1v) is 13.3. The van der Waals surface area contributed by atoms with Crippen molar-refractivity contribution in [3.63, 3.8) is 0 Å². The van der Waals surface area contributed by atoms with E-state index in [0.717, 1.165) is 33.4 Å². The quantitative estimate of drug-likeness (QED) is 0.413. The van der Waals surface area contributed by atoms with E-state index in [1.54, 1.807) is 13.1 Å². The van der Waals surface area contributed by atoms with E-state index in [-0.39, 0.29) is 5.97 Å². The number of aryl methyl sites for hydroxylation is 1. The van der Waals surface area contributed by atoms with Gasteiger partial charge in [-0.1, -0.05) is 48.5 Å². The second-order valence-electron chi connectivity index (χ2n) is 8.69. The van der Waals surface area contributed by atoms with Gasteiger partial charge >= 0.3 is 5.97 Å². The SMILES string of the molecule is CCOC(=O)CCc1cc(CCNS(=O)(=O)N2Cc3ccccc3C2)cc(Cc2cccnc2)c1. The molecule has 0 atom stereocenters. The molecular weight excluding hydrogens is 462 g/mol. The molecule has 4 rings (SSSR count). The summed E-state index contributed by atoms with van der Waals surface area (Å²) in [6.45, 7) is 3.25. The van der Waals surface area contributed by atoms with Crippen molar-refractivity contribution in [2.45, 2.75) is 45.7 Å². The van der Waals surface area contributed by atoms with Crippen LogP contribution in [0.15, 0.2) is 67.0 Å². The van der Waals surface area contributed by atoms with E-state index >= 15 is 0 Å². The highest BCUT2D eigenvalue weighted by molar-refractivity contribution is 7.87. The molecular formula is C27H31N3O4S. The molecule has 0 amide bonds. The number of hydrogen-bond donors (Lipinski definition) is 1. The van der Waals surface area contributed by atoms with E-state index in [4.69, 9.17) is 4.74 Å². The Morgan fingerprint density at radius 3 is 2.31 bits per heavy atom. The van der Waals surface area contributed by atoms with Crippen LogP contribution in [0.2, 0.25) is 0 Å². The second-order valence-corrected chi connectivity index (χ2v) is 10.4. The minimum absolute atomic E-state index is 0.217. The number of esters is 1. The van der Waals surface area contributed by atoms with Gasteiger partial charge in [0.1, 0.15) is 0 Å². The molecule has 0 aliphatic carbocycles. The number of carbonyl (C=O) groups excluding carboxylic acids is 1. The monoisotopic (exact) mass is 493 g/mol. The molecule has 0 radical (unpaired) electrons. The molecule has 0 unspecified atom stereocenters. The van der Waals surface area contributed by atoms with Crippen molar-refractivity contribution in [1.29, 1.82) is 0 Å². The Morgan fingerprint density at radius 2 is 1.66 bits per heavy atom. The Balaban J connectivity index is 1.42. The van der Waals surface area contributed by atoms with Crippen molar-refractivity contribution in [2.24, 2.45) is 0 Å². The minimum Gasteiger partial charge on any atom is -0.466 e. The molecule has 3 aromatic rings. The number of carbonyl (C=O) groups is 1. The summed E-state index contributed by atoms with van der Waals surface area (Å²) in [5, 5.41) is 0. The van der Waals surface area contributed by atoms with Crippen molar-refractivity contribution in [2.75, 3.05) is 13.2 Å². The zero-order valence-corrected chi connectivity index (χ0v) is 20.8. The maximum atomic E-state index is 12.9. The predicted molar refractivity (Wildman–Crippen MR) is 135 cm³/mol. The molecule has 0 bridgehead atoms. The second kappa shape index (κ2) is 11.6. The van der Waals surface area contributed by atoms with Gasteiger partial charge in [-0.15, -0.1) is 0 Å². The van der Waals surface area contributed by atoms with Crippen LogP contribution in [-0.4, -0.2) is 36.8 Å². The molecule has 2 heterocycles. The first-order chi connectivity index (χ1) is 16.9. The van der Waals surface area contributed by atoms with E-state index in [1.807, 2.05) is 48.7 Å². The fourth-order valence-corrected chi connectivity index (χ4v) is 5.50. The average Bonchev–Trinajstić information content (AvgIpc) is 3.29. The first-order valence-electron chi connectivity index (χ1n) is 11.9. The zero-order valence-electron chi connectivity index (χ0n) is 19.9. The molecule has 8 heteroatoms. The van der Waals surface area contributed by atoms with Crippen LogP contribution < -0.4 is 4.72 Å². The third kappa shape index (κ3) is 6.97. The first kappa shape index (κ1) is 25.0. The largest absolute Gasteiger partial charge is 0.466 e. The highest BCUT2D eigenvalue weighted by atomic mass is 32.2. The average molecular weight is 494 g/mol. The smallest absolute Gasteiger partial charge is 0.306 e. The van der Waals surface area contributed by atoms with E-state index in [2.05, 4.69) is 21.8 Å². The number of aromatic nitrogens is 1. The molecule has 1 aliphatic heterocycles. The van der Waals surface area contributed by atoms with Gasteiger partial charge in [-0.2, -0.15) is 12.7 Å². The predicted octanol–water partition coefficient (Wildman–Crippen LogP) is 3.56. The third-order valence-electron chi connectivity index (χ3n) is 6.02. The third-order valence-corrected chi connectivity index (χ3v) is 7.52. The van der Waals surface area contributed by atoms with Gasteiger partial charge in [0.15, 0.2) is 0 Å². The summed E-state index contributed by atoms with van der Waals surface area (Å²) in [4.78, 5) is 16.0. The van der Waals surface area contributed by atoms with Crippen LogP contribution >= 0.6 is 0 Å². The maximum Gasteiger partial charge on any atom is 0.306 e. The number of benzene rings is 2. The van der Waals surface area contributed by atoms with Gasteiger partial charge in [-0.3, -0.25) is 9.78 Å². The molecule has 1 aromatic heterocycles. The summed E-state index contributed by atoms with van der Waals surface area (Å²) in [7, 11) is -3.58. The van der Waals surface area contributed by atoms with Crippen molar-refractivity contribution in [3.8, 4) is 0 Å². The van der Waals surface area contributed by atoms with E-state index in [1.165, 1.54) is 4.31 Å². The van der Waals surface area contributed by atoms with E-state index < -0.39 is 10.2 Å². The fraction of sp³-hybridized carbons (Fsp3) is 0.333. The van der Waals surface area contributed by atoms with Gasteiger partial charge in [-0.05, 0) is 65.6 Å². The zero-order chi connectivity index (χ0) is 24.7. The summed E-state index contributed by atoms with van der Waals surface area (Å²) < 4.78 is 35.0. The van der Waals surface area contributed by atoms with Crippen LogP contribution in [-0.2, 0) is 52.1 Å². The van der Waals surface area contributed by atoms with Gasteiger partial charge in [0.05, 0.1) is 6.61 Å². The highest BCUT2D eigenvalue weighted by Crippen LogP contribution is 2.24. The van der Waals surface area contributed by atoms with E-state index in [9.17, 15) is 13.2 Å². The minimum atomic E-state index is -3.58. The lowest BCUT2D eigenvalue weighted by Crippen LogP contribution is -2.38. The van der Waals surface area contributed by atoms with E-state index in [0.29, 0.717) is 51.9 Å². The van der Waals surface area contributed by atoms with Crippen molar-refractivity contribution in [1.82, 2.24) is 14.0 Å². The molecule has 0 saturated carbocycles. The number of hydrogen-bond acceptors (Lipinski definition) is 5. The summed E-state index contributed by atoms with van der Waals surface area (Å²) in [5.74, 6) is -0.217. The molecule has 0 fully saturated rings. The Labute approximate surface area is 207 Å². The van der Waals surface area contributed by atoms with Crippen LogP contribution in [0.5, 0.6) is 0 Å². The molecule has 1 N–H and O–H groups in total. The Hall–Kier alpha value is -3.07. The molecule has 35 heavy (non-hydrogen) atoms. The standard InChI is InChI=1S/C27H31N3O4S/c1-2-34-27(31)10-9-21-14-22(16-24(15-21)17-23-6-5-12-28-18-23)11-13-29-35(32,33)30-19-25-7-3-4-8-26(25)20-30/h3-8,12,14-16,18,29H,2,9-11,13,17,19-20H2,1H3. The Morgan fingerprint density at radius 1 is 0.971 bits per heavy atom. The van der Waals surface area contributed by atoms with Crippen molar-refractivity contribution in [3.05, 3.63) is 100 Å². The van der Waals surface area contributed by atoms with Crippen LogP contribution in [0.1, 0.15) is 46.7 Å². The summed E-state index contributed by atoms with van der Waals surface area (Å²) in [6, 6.07) is 18.0. The maximum absolute atomic E-state index is 12.9. The number of pyridine rings is 1.